The number of likely N-dealkylation sites (tertiary alicyclic amines) is 1. The number of amides is 1. The summed E-state index contributed by atoms with van der Waals surface area (Å²) in [6, 6.07) is -0.186. The van der Waals surface area contributed by atoms with Gasteiger partial charge in [0.05, 0.1) is 18.8 Å². The Bertz CT molecular complexity index is 253. The number of carbonyl (C=O) groups is 1. The molecule has 1 amide bonds. The summed E-state index contributed by atoms with van der Waals surface area (Å²) in [7, 11) is 3.67. The van der Waals surface area contributed by atoms with Crippen molar-refractivity contribution in [2.45, 2.75) is 44.8 Å². The van der Waals surface area contributed by atoms with Gasteiger partial charge in [0.25, 0.3) is 0 Å². The lowest BCUT2D eigenvalue weighted by Gasteiger charge is -2.22. The molecule has 0 aromatic carbocycles. The van der Waals surface area contributed by atoms with E-state index in [4.69, 9.17) is 5.11 Å². The summed E-state index contributed by atoms with van der Waals surface area (Å²) in [4.78, 5) is 13.6. The molecule has 0 bridgehead atoms. The van der Waals surface area contributed by atoms with Crippen molar-refractivity contribution in [1.29, 1.82) is 0 Å². The Labute approximate surface area is 117 Å². The van der Waals surface area contributed by atoms with Gasteiger partial charge in [-0.3, -0.25) is 4.79 Å². The first-order chi connectivity index (χ1) is 8.69. The highest BCUT2D eigenvalue weighted by Crippen LogP contribution is 2.24. The maximum atomic E-state index is 11.9. The third-order valence-corrected chi connectivity index (χ3v) is 5.61. The second kappa shape index (κ2) is 9.07. The Hall–Kier alpha value is 0.0900. The van der Waals surface area contributed by atoms with Gasteiger partial charge in [0.15, 0.2) is 0 Å². The predicted octanol–water partition coefficient (Wildman–Crippen LogP) is 1.51. The predicted molar refractivity (Wildman–Crippen MR) is 77.7 cm³/mol. The van der Waals surface area contributed by atoms with Gasteiger partial charge in [-0.2, -0.15) is 0 Å². The first-order valence-electron chi connectivity index (χ1n) is 6.51. The number of hydrogen-bond donors (Lipinski definition) is 2. The highest BCUT2D eigenvalue weighted by molar-refractivity contribution is 8.76. The van der Waals surface area contributed by atoms with Gasteiger partial charge in [0, 0.05) is 24.5 Å². The van der Waals surface area contributed by atoms with Crippen molar-refractivity contribution in [3.63, 3.8) is 0 Å². The van der Waals surface area contributed by atoms with Crippen molar-refractivity contribution in [3.8, 4) is 0 Å². The Balaban J connectivity index is 2.16. The minimum absolute atomic E-state index is 0.0517. The standard InChI is InChI=1S/C12H23NO3S2/c1-2-5-17-18-6-3-4-12(16)13-8-11(15)7-10(13)9-14/h10-11,14-15H,2-9H2,1H3/t10-,11+/m0/s1. The molecule has 0 unspecified atom stereocenters. The molecule has 0 radical (unpaired) electrons. The molecule has 1 aliphatic rings. The van der Waals surface area contributed by atoms with Crippen molar-refractivity contribution < 1.29 is 15.0 Å². The SMILES string of the molecule is CCCSSCCCC(=O)N1C[C@H](O)C[C@H]1CO. The van der Waals surface area contributed by atoms with Crippen LogP contribution in [0.2, 0.25) is 0 Å². The molecule has 0 spiro atoms. The van der Waals surface area contributed by atoms with Gasteiger partial charge in [0.1, 0.15) is 0 Å². The van der Waals surface area contributed by atoms with Crippen molar-refractivity contribution in [2.75, 3.05) is 24.7 Å². The number of nitrogens with zero attached hydrogens (tertiary/aromatic N) is 1. The maximum Gasteiger partial charge on any atom is 0.223 e. The van der Waals surface area contributed by atoms with Gasteiger partial charge >= 0.3 is 0 Å². The molecule has 0 aromatic heterocycles. The normalized spacial score (nSPS) is 23.6. The summed E-state index contributed by atoms with van der Waals surface area (Å²) in [5, 5.41) is 18.7. The molecule has 0 aliphatic carbocycles. The Morgan fingerprint density at radius 1 is 1.39 bits per heavy atom. The van der Waals surface area contributed by atoms with E-state index in [1.165, 1.54) is 6.42 Å². The molecule has 1 fully saturated rings. The molecular weight excluding hydrogens is 270 g/mol. The van der Waals surface area contributed by atoms with Crippen molar-refractivity contribution in [1.82, 2.24) is 4.90 Å². The van der Waals surface area contributed by atoms with E-state index in [2.05, 4.69) is 6.92 Å². The van der Waals surface area contributed by atoms with Gasteiger partial charge in [-0.25, -0.2) is 0 Å². The molecule has 18 heavy (non-hydrogen) atoms. The number of hydrogen-bond acceptors (Lipinski definition) is 5. The van der Waals surface area contributed by atoms with E-state index >= 15 is 0 Å². The van der Waals surface area contributed by atoms with Crippen LogP contribution >= 0.6 is 21.6 Å². The molecule has 1 rings (SSSR count). The second-order valence-corrected chi connectivity index (χ2v) is 7.22. The quantitative estimate of drug-likeness (QED) is 0.525. The Kier molecular flexibility index (Phi) is 8.13. The molecular formula is C12H23NO3S2. The van der Waals surface area contributed by atoms with Gasteiger partial charge in [-0.15, -0.1) is 0 Å². The molecule has 2 atom stereocenters. The zero-order valence-corrected chi connectivity index (χ0v) is 12.5. The van der Waals surface area contributed by atoms with E-state index in [0.717, 1.165) is 17.9 Å². The van der Waals surface area contributed by atoms with E-state index in [9.17, 15) is 9.90 Å². The molecule has 106 valence electrons. The number of aliphatic hydroxyl groups is 2. The molecule has 0 aromatic rings. The monoisotopic (exact) mass is 293 g/mol. The molecule has 1 aliphatic heterocycles. The highest BCUT2D eigenvalue weighted by atomic mass is 33.1. The van der Waals surface area contributed by atoms with Crippen molar-refractivity contribution in [2.24, 2.45) is 0 Å². The van der Waals surface area contributed by atoms with Crippen LogP contribution < -0.4 is 0 Å². The third-order valence-electron chi connectivity index (χ3n) is 2.91. The first kappa shape index (κ1) is 16.1. The minimum Gasteiger partial charge on any atom is -0.394 e. The Morgan fingerprint density at radius 3 is 2.78 bits per heavy atom. The number of β-amino-alcohol motifs (C(OH)–C–C–N with tert-alkyl or cyclic N) is 1. The Morgan fingerprint density at radius 2 is 2.11 bits per heavy atom. The smallest absolute Gasteiger partial charge is 0.223 e. The summed E-state index contributed by atoms with van der Waals surface area (Å²) in [5.41, 5.74) is 0. The summed E-state index contributed by atoms with van der Waals surface area (Å²) in [5.74, 6) is 2.20. The average Bonchev–Trinajstić information content (AvgIpc) is 2.74. The number of rotatable bonds is 8. The van der Waals surface area contributed by atoms with E-state index < -0.39 is 6.10 Å². The molecule has 2 N–H and O–H groups in total. The van der Waals surface area contributed by atoms with E-state index in [1.807, 2.05) is 21.6 Å². The van der Waals surface area contributed by atoms with Crippen molar-refractivity contribution in [3.05, 3.63) is 0 Å². The molecule has 4 nitrogen and oxygen atoms in total. The average molecular weight is 293 g/mol. The highest BCUT2D eigenvalue weighted by Gasteiger charge is 2.33. The van der Waals surface area contributed by atoms with Gasteiger partial charge in [-0.05, 0) is 19.3 Å². The topological polar surface area (TPSA) is 60.8 Å². The number of aliphatic hydroxyl groups excluding tert-OH is 2. The fourth-order valence-corrected chi connectivity index (χ4v) is 4.22. The van der Waals surface area contributed by atoms with Gasteiger partial charge in [-0.1, -0.05) is 28.5 Å². The molecule has 0 saturated carbocycles. The zero-order valence-electron chi connectivity index (χ0n) is 10.9. The summed E-state index contributed by atoms with van der Waals surface area (Å²) in [6.07, 6.45) is 2.60. The van der Waals surface area contributed by atoms with Crippen LogP contribution in [0.3, 0.4) is 0 Å². The zero-order chi connectivity index (χ0) is 13.4. The van der Waals surface area contributed by atoms with E-state index in [0.29, 0.717) is 19.4 Å². The van der Waals surface area contributed by atoms with Gasteiger partial charge < -0.3 is 15.1 Å². The second-order valence-electron chi connectivity index (χ2n) is 4.52. The lowest BCUT2D eigenvalue weighted by atomic mass is 10.2. The number of carbonyl (C=O) groups excluding carboxylic acids is 1. The molecule has 6 heteroatoms. The summed E-state index contributed by atoms with van der Waals surface area (Å²) >= 11 is 0. The summed E-state index contributed by atoms with van der Waals surface area (Å²) in [6.45, 7) is 2.48. The van der Waals surface area contributed by atoms with E-state index in [-0.39, 0.29) is 18.6 Å². The summed E-state index contributed by atoms with van der Waals surface area (Å²) < 4.78 is 0. The van der Waals surface area contributed by atoms with Crippen LogP contribution in [-0.2, 0) is 4.79 Å². The van der Waals surface area contributed by atoms with Gasteiger partial charge in [0.2, 0.25) is 5.91 Å². The third kappa shape index (κ3) is 5.38. The lowest BCUT2D eigenvalue weighted by molar-refractivity contribution is -0.133. The maximum absolute atomic E-state index is 11.9. The van der Waals surface area contributed by atoms with Crippen LogP contribution in [0.1, 0.15) is 32.6 Å². The first-order valence-corrected chi connectivity index (χ1v) is 9.00. The van der Waals surface area contributed by atoms with Crippen LogP contribution in [0.15, 0.2) is 0 Å². The van der Waals surface area contributed by atoms with Crippen LogP contribution in [0, 0.1) is 0 Å². The van der Waals surface area contributed by atoms with E-state index in [1.54, 1.807) is 4.90 Å². The fourth-order valence-electron chi connectivity index (χ4n) is 2.00. The molecule has 1 heterocycles. The minimum atomic E-state index is -0.472. The van der Waals surface area contributed by atoms with Crippen LogP contribution in [0.5, 0.6) is 0 Å². The van der Waals surface area contributed by atoms with Crippen molar-refractivity contribution >= 4 is 27.5 Å². The fraction of sp³-hybridized carbons (Fsp3) is 0.917. The molecule has 1 saturated heterocycles. The van der Waals surface area contributed by atoms with Crippen LogP contribution in [0.25, 0.3) is 0 Å². The lowest BCUT2D eigenvalue weighted by Crippen LogP contribution is -2.37. The van der Waals surface area contributed by atoms with Crippen LogP contribution in [-0.4, -0.2) is 57.8 Å². The largest absolute Gasteiger partial charge is 0.394 e. The van der Waals surface area contributed by atoms with Crippen LogP contribution in [0.4, 0.5) is 0 Å².